The van der Waals surface area contributed by atoms with Gasteiger partial charge in [-0.3, -0.25) is 4.99 Å². The van der Waals surface area contributed by atoms with Crippen LogP contribution < -0.4 is 5.32 Å². The molecule has 1 spiro atoms. The summed E-state index contributed by atoms with van der Waals surface area (Å²) in [6.07, 6.45) is 2.41. The number of aryl methyl sites for hydroxylation is 1. The lowest BCUT2D eigenvalue weighted by molar-refractivity contribution is 0.156. The first-order valence-corrected chi connectivity index (χ1v) is 7.80. The molecular formula is C17H26IN3O. The van der Waals surface area contributed by atoms with Gasteiger partial charge in [0.15, 0.2) is 5.96 Å². The van der Waals surface area contributed by atoms with Gasteiger partial charge < -0.3 is 15.0 Å². The van der Waals surface area contributed by atoms with E-state index in [-0.39, 0.29) is 24.0 Å². The van der Waals surface area contributed by atoms with E-state index in [1.54, 1.807) is 0 Å². The fourth-order valence-electron chi connectivity index (χ4n) is 3.31. The molecule has 0 amide bonds. The van der Waals surface area contributed by atoms with Crippen LogP contribution in [-0.4, -0.2) is 44.2 Å². The molecular weight excluding hydrogens is 389 g/mol. The van der Waals surface area contributed by atoms with Crippen LogP contribution in [0.25, 0.3) is 0 Å². The van der Waals surface area contributed by atoms with Crippen molar-refractivity contribution in [1.29, 1.82) is 0 Å². The maximum absolute atomic E-state index is 5.60. The molecule has 1 aromatic rings. The van der Waals surface area contributed by atoms with Gasteiger partial charge in [-0.15, -0.1) is 24.0 Å². The molecule has 2 heterocycles. The fraction of sp³-hybridized carbons (Fsp3) is 0.588. The molecule has 2 aliphatic heterocycles. The van der Waals surface area contributed by atoms with Gasteiger partial charge in [-0.25, -0.2) is 0 Å². The summed E-state index contributed by atoms with van der Waals surface area (Å²) in [5.41, 5.74) is 2.97. The topological polar surface area (TPSA) is 36.9 Å². The van der Waals surface area contributed by atoms with E-state index in [1.165, 1.54) is 24.0 Å². The van der Waals surface area contributed by atoms with Gasteiger partial charge in [-0.1, -0.05) is 29.8 Å². The molecule has 0 saturated carbocycles. The van der Waals surface area contributed by atoms with Gasteiger partial charge in [0, 0.05) is 38.7 Å². The zero-order chi connectivity index (χ0) is 14.7. The van der Waals surface area contributed by atoms with Crippen molar-refractivity contribution in [3.05, 3.63) is 35.4 Å². The minimum Gasteiger partial charge on any atom is -0.381 e. The standard InChI is InChI=1S/C17H25N3O.HI/c1-14-3-5-15(6-4-14)11-19-16(18-2)20-9-7-17(12-20)8-10-21-13-17;/h3-6H,7-13H2,1-2H3,(H,18,19);1H. The molecule has 1 atom stereocenters. The number of likely N-dealkylation sites (tertiary alicyclic amines) is 1. The minimum atomic E-state index is 0. The maximum Gasteiger partial charge on any atom is 0.193 e. The second kappa shape index (κ2) is 7.64. The van der Waals surface area contributed by atoms with Crippen LogP contribution in [0.2, 0.25) is 0 Å². The van der Waals surface area contributed by atoms with E-state index in [2.05, 4.69) is 46.4 Å². The summed E-state index contributed by atoms with van der Waals surface area (Å²) < 4.78 is 5.60. The highest BCUT2D eigenvalue weighted by Crippen LogP contribution is 2.38. The number of halogens is 1. The van der Waals surface area contributed by atoms with E-state index >= 15 is 0 Å². The Morgan fingerprint density at radius 1 is 1.32 bits per heavy atom. The minimum absolute atomic E-state index is 0. The summed E-state index contributed by atoms with van der Waals surface area (Å²) in [5.74, 6) is 1.01. The van der Waals surface area contributed by atoms with Gasteiger partial charge in [0.2, 0.25) is 0 Å². The number of nitrogens with one attached hydrogen (secondary N) is 1. The summed E-state index contributed by atoms with van der Waals surface area (Å²) >= 11 is 0. The maximum atomic E-state index is 5.60. The molecule has 5 heteroatoms. The third-order valence-electron chi connectivity index (χ3n) is 4.71. The van der Waals surface area contributed by atoms with Gasteiger partial charge in [-0.2, -0.15) is 0 Å². The van der Waals surface area contributed by atoms with Crippen LogP contribution in [0.15, 0.2) is 29.3 Å². The molecule has 0 aromatic heterocycles. The van der Waals surface area contributed by atoms with Crippen molar-refractivity contribution in [3.8, 4) is 0 Å². The van der Waals surface area contributed by atoms with Crippen LogP contribution in [0.1, 0.15) is 24.0 Å². The molecule has 0 radical (unpaired) electrons. The van der Waals surface area contributed by atoms with Crippen molar-refractivity contribution in [3.63, 3.8) is 0 Å². The SMILES string of the molecule is CN=C(NCc1ccc(C)cc1)N1CCC2(CCOC2)C1.I. The van der Waals surface area contributed by atoms with Crippen LogP contribution >= 0.6 is 24.0 Å². The normalized spacial score (nSPS) is 24.6. The van der Waals surface area contributed by atoms with Crippen LogP contribution in [0, 0.1) is 12.3 Å². The molecule has 1 aromatic carbocycles. The number of guanidine groups is 1. The van der Waals surface area contributed by atoms with Crippen molar-refractivity contribution < 1.29 is 4.74 Å². The Bertz CT molecular complexity index is 509. The van der Waals surface area contributed by atoms with Crippen LogP contribution in [0.3, 0.4) is 0 Å². The van der Waals surface area contributed by atoms with Gasteiger partial charge in [0.25, 0.3) is 0 Å². The third-order valence-corrected chi connectivity index (χ3v) is 4.71. The van der Waals surface area contributed by atoms with Crippen molar-refractivity contribution >= 4 is 29.9 Å². The largest absolute Gasteiger partial charge is 0.381 e. The lowest BCUT2D eigenvalue weighted by Gasteiger charge is -2.25. The predicted molar refractivity (Wildman–Crippen MR) is 101 cm³/mol. The summed E-state index contributed by atoms with van der Waals surface area (Å²) in [7, 11) is 1.87. The molecule has 4 nitrogen and oxygen atoms in total. The van der Waals surface area contributed by atoms with Crippen molar-refractivity contribution in [2.75, 3.05) is 33.4 Å². The second-order valence-corrected chi connectivity index (χ2v) is 6.36. The Morgan fingerprint density at radius 3 is 2.73 bits per heavy atom. The van der Waals surface area contributed by atoms with Gasteiger partial charge >= 0.3 is 0 Å². The molecule has 2 aliphatic rings. The van der Waals surface area contributed by atoms with Crippen molar-refractivity contribution in [2.45, 2.75) is 26.3 Å². The quantitative estimate of drug-likeness (QED) is 0.459. The molecule has 0 aliphatic carbocycles. The lowest BCUT2D eigenvalue weighted by Crippen LogP contribution is -2.41. The first-order chi connectivity index (χ1) is 10.2. The highest BCUT2D eigenvalue weighted by molar-refractivity contribution is 14.0. The number of rotatable bonds is 2. The van der Waals surface area contributed by atoms with E-state index in [9.17, 15) is 0 Å². The molecule has 1 unspecified atom stereocenters. The highest BCUT2D eigenvalue weighted by Gasteiger charge is 2.42. The van der Waals surface area contributed by atoms with Crippen LogP contribution in [-0.2, 0) is 11.3 Å². The van der Waals surface area contributed by atoms with Crippen LogP contribution in [0.5, 0.6) is 0 Å². The zero-order valence-electron chi connectivity index (χ0n) is 13.5. The molecule has 0 bridgehead atoms. The first-order valence-electron chi connectivity index (χ1n) is 7.80. The second-order valence-electron chi connectivity index (χ2n) is 6.36. The lowest BCUT2D eigenvalue weighted by atomic mass is 9.87. The van der Waals surface area contributed by atoms with E-state index in [0.29, 0.717) is 5.41 Å². The molecule has 2 saturated heterocycles. The summed E-state index contributed by atoms with van der Waals surface area (Å²) in [5, 5.41) is 3.49. The Balaban J connectivity index is 0.00000176. The first kappa shape index (κ1) is 17.5. The average molecular weight is 415 g/mol. The summed E-state index contributed by atoms with van der Waals surface area (Å²) in [6.45, 7) is 6.93. The number of aliphatic imine (C=N–C) groups is 1. The molecule has 122 valence electrons. The number of hydrogen-bond donors (Lipinski definition) is 1. The van der Waals surface area contributed by atoms with Gasteiger partial charge in [0.05, 0.1) is 6.61 Å². The third kappa shape index (κ3) is 3.93. The molecule has 1 N–H and O–H groups in total. The van der Waals surface area contributed by atoms with Crippen molar-refractivity contribution in [2.24, 2.45) is 10.4 Å². The summed E-state index contributed by atoms with van der Waals surface area (Å²) in [4.78, 5) is 6.83. The number of nitrogens with zero attached hydrogens (tertiary/aromatic N) is 2. The van der Waals surface area contributed by atoms with E-state index < -0.39 is 0 Å². The number of ether oxygens (including phenoxy) is 1. The van der Waals surface area contributed by atoms with E-state index in [1.807, 2.05) is 7.05 Å². The van der Waals surface area contributed by atoms with E-state index in [4.69, 9.17) is 4.74 Å². The molecule has 3 rings (SSSR count). The number of benzene rings is 1. The highest BCUT2D eigenvalue weighted by atomic mass is 127. The monoisotopic (exact) mass is 415 g/mol. The van der Waals surface area contributed by atoms with E-state index in [0.717, 1.165) is 38.8 Å². The fourth-order valence-corrected chi connectivity index (χ4v) is 3.31. The Hall–Kier alpha value is -0.820. The molecule has 22 heavy (non-hydrogen) atoms. The number of hydrogen-bond acceptors (Lipinski definition) is 2. The zero-order valence-corrected chi connectivity index (χ0v) is 15.8. The molecule has 2 fully saturated rings. The van der Waals surface area contributed by atoms with Gasteiger partial charge in [0.1, 0.15) is 0 Å². The Morgan fingerprint density at radius 2 is 2.09 bits per heavy atom. The smallest absolute Gasteiger partial charge is 0.193 e. The Labute approximate surface area is 150 Å². The average Bonchev–Trinajstić information content (AvgIpc) is 3.13. The van der Waals surface area contributed by atoms with Gasteiger partial charge in [-0.05, 0) is 25.3 Å². The van der Waals surface area contributed by atoms with Crippen molar-refractivity contribution in [1.82, 2.24) is 10.2 Å². The Kier molecular flexibility index (Phi) is 6.09. The summed E-state index contributed by atoms with van der Waals surface area (Å²) in [6, 6.07) is 8.65. The predicted octanol–water partition coefficient (Wildman–Crippen LogP) is 2.80. The van der Waals surface area contributed by atoms with Crippen LogP contribution in [0.4, 0.5) is 0 Å².